The summed E-state index contributed by atoms with van der Waals surface area (Å²) in [7, 11) is -1.10. The summed E-state index contributed by atoms with van der Waals surface area (Å²) in [6.07, 6.45) is 0.916. The molecule has 0 unspecified atom stereocenters. The van der Waals surface area contributed by atoms with Crippen LogP contribution in [-0.4, -0.2) is 46.0 Å². The maximum absolute atomic E-state index is 11.2. The van der Waals surface area contributed by atoms with Gasteiger partial charge in [0.05, 0.1) is 5.92 Å². The fourth-order valence-electron chi connectivity index (χ4n) is 2.00. The predicted molar refractivity (Wildman–Crippen MR) is 86.2 cm³/mol. The SMILES string of the molecule is CC(C)C[C@@H](Cc1nnn(COCC[Si](C)(C)C)n1)C(=O)O. The van der Waals surface area contributed by atoms with E-state index in [1.807, 2.05) is 13.8 Å². The molecule has 0 aromatic carbocycles. The highest BCUT2D eigenvalue weighted by molar-refractivity contribution is 6.76. The molecular weight excluding hydrogens is 300 g/mol. The molecule has 1 N–H and O–H groups in total. The highest BCUT2D eigenvalue weighted by Gasteiger charge is 2.21. The summed E-state index contributed by atoms with van der Waals surface area (Å²) in [6.45, 7) is 11.9. The zero-order valence-corrected chi connectivity index (χ0v) is 15.2. The molecule has 0 saturated heterocycles. The molecule has 0 aliphatic carbocycles. The maximum atomic E-state index is 11.2. The Morgan fingerprint density at radius 1 is 1.36 bits per heavy atom. The van der Waals surface area contributed by atoms with Crippen molar-refractivity contribution in [2.45, 2.75) is 59.1 Å². The molecule has 8 heteroatoms. The normalized spacial score (nSPS) is 13.5. The van der Waals surface area contributed by atoms with Gasteiger partial charge in [-0.25, -0.2) is 0 Å². The van der Waals surface area contributed by atoms with E-state index >= 15 is 0 Å². The number of carboxylic acids is 1. The molecule has 1 aromatic heterocycles. The second kappa shape index (κ2) is 8.38. The van der Waals surface area contributed by atoms with Crippen LogP contribution in [0.1, 0.15) is 26.1 Å². The molecule has 22 heavy (non-hydrogen) atoms. The molecule has 7 nitrogen and oxygen atoms in total. The monoisotopic (exact) mass is 328 g/mol. The van der Waals surface area contributed by atoms with E-state index in [-0.39, 0.29) is 6.73 Å². The van der Waals surface area contributed by atoms with Crippen LogP contribution in [0.5, 0.6) is 0 Å². The molecular formula is C14H28N4O3Si. The van der Waals surface area contributed by atoms with Gasteiger partial charge in [-0.3, -0.25) is 4.79 Å². The number of ether oxygens (including phenoxy) is 1. The van der Waals surface area contributed by atoms with Gasteiger partial charge in [-0.05, 0) is 23.6 Å². The van der Waals surface area contributed by atoms with Crippen LogP contribution in [0, 0.1) is 11.8 Å². The van der Waals surface area contributed by atoms with Crippen LogP contribution in [0.4, 0.5) is 0 Å². The minimum absolute atomic E-state index is 0.263. The van der Waals surface area contributed by atoms with E-state index in [4.69, 9.17) is 4.74 Å². The molecule has 0 fully saturated rings. The van der Waals surface area contributed by atoms with Crippen LogP contribution >= 0.6 is 0 Å². The summed E-state index contributed by atoms with van der Waals surface area (Å²) in [5.41, 5.74) is 0. The number of carboxylic acid groups (broad SMARTS) is 1. The standard InChI is InChI=1S/C14H28N4O3Si/c1-11(2)8-12(14(19)20)9-13-15-17-18(16-13)10-21-6-7-22(3,4)5/h11-12H,6-10H2,1-5H3,(H,19,20)/t12-/m0/s1. The number of carbonyl (C=O) groups is 1. The van der Waals surface area contributed by atoms with Crippen molar-refractivity contribution in [3.05, 3.63) is 5.82 Å². The van der Waals surface area contributed by atoms with Crippen molar-refractivity contribution >= 4 is 14.0 Å². The van der Waals surface area contributed by atoms with Crippen LogP contribution in [0.3, 0.4) is 0 Å². The van der Waals surface area contributed by atoms with Crippen LogP contribution in [0.15, 0.2) is 0 Å². The molecule has 1 heterocycles. The molecule has 0 radical (unpaired) electrons. The molecule has 1 rings (SSSR count). The number of hydrogen-bond donors (Lipinski definition) is 1. The second-order valence-corrected chi connectivity index (χ2v) is 12.9. The summed E-state index contributed by atoms with van der Waals surface area (Å²) in [4.78, 5) is 12.6. The number of tetrazole rings is 1. The van der Waals surface area contributed by atoms with Gasteiger partial charge in [0, 0.05) is 21.1 Å². The lowest BCUT2D eigenvalue weighted by Gasteiger charge is -2.14. The second-order valence-electron chi connectivity index (χ2n) is 7.29. The Morgan fingerprint density at radius 3 is 2.59 bits per heavy atom. The maximum Gasteiger partial charge on any atom is 0.306 e. The van der Waals surface area contributed by atoms with Gasteiger partial charge in [0.15, 0.2) is 12.6 Å². The molecule has 1 aromatic rings. The van der Waals surface area contributed by atoms with Gasteiger partial charge in [0.25, 0.3) is 0 Å². The number of nitrogens with zero attached hydrogens (tertiary/aromatic N) is 4. The van der Waals surface area contributed by atoms with Gasteiger partial charge in [0.2, 0.25) is 0 Å². The topological polar surface area (TPSA) is 90.1 Å². The average molecular weight is 328 g/mol. The third-order valence-electron chi connectivity index (χ3n) is 3.23. The van der Waals surface area contributed by atoms with Crippen LogP contribution in [-0.2, 0) is 22.7 Å². The average Bonchev–Trinajstić information content (AvgIpc) is 2.80. The van der Waals surface area contributed by atoms with Crippen molar-refractivity contribution in [1.29, 1.82) is 0 Å². The Morgan fingerprint density at radius 2 is 2.05 bits per heavy atom. The Balaban J connectivity index is 2.44. The van der Waals surface area contributed by atoms with E-state index in [9.17, 15) is 9.90 Å². The molecule has 0 saturated carbocycles. The molecule has 1 atom stereocenters. The van der Waals surface area contributed by atoms with Crippen LogP contribution in [0.25, 0.3) is 0 Å². The fraction of sp³-hybridized carbons (Fsp3) is 0.857. The van der Waals surface area contributed by atoms with Gasteiger partial charge < -0.3 is 9.84 Å². The molecule has 0 amide bonds. The van der Waals surface area contributed by atoms with E-state index in [0.29, 0.717) is 31.2 Å². The Labute approximate surface area is 133 Å². The smallest absolute Gasteiger partial charge is 0.306 e. The number of aromatic nitrogens is 4. The minimum atomic E-state index is -1.10. The quantitative estimate of drug-likeness (QED) is 0.523. The largest absolute Gasteiger partial charge is 0.481 e. The van der Waals surface area contributed by atoms with Gasteiger partial charge in [-0.1, -0.05) is 33.5 Å². The van der Waals surface area contributed by atoms with E-state index in [1.54, 1.807) is 0 Å². The fourth-order valence-corrected chi connectivity index (χ4v) is 2.75. The van der Waals surface area contributed by atoms with E-state index < -0.39 is 20.0 Å². The zero-order valence-electron chi connectivity index (χ0n) is 14.2. The summed E-state index contributed by atoms with van der Waals surface area (Å²) in [6, 6.07) is 1.09. The summed E-state index contributed by atoms with van der Waals surface area (Å²) < 4.78 is 5.54. The molecule has 0 aliphatic heterocycles. The van der Waals surface area contributed by atoms with Crippen molar-refractivity contribution in [3.8, 4) is 0 Å². The lowest BCUT2D eigenvalue weighted by Crippen LogP contribution is -2.22. The zero-order chi connectivity index (χ0) is 16.8. The first kappa shape index (κ1) is 18.8. The highest BCUT2D eigenvalue weighted by Crippen LogP contribution is 2.15. The Bertz CT molecular complexity index is 471. The first-order valence-electron chi connectivity index (χ1n) is 7.74. The highest BCUT2D eigenvalue weighted by atomic mass is 28.3. The Hall–Kier alpha value is -1.28. The third kappa shape index (κ3) is 7.65. The van der Waals surface area contributed by atoms with E-state index in [1.165, 1.54) is 4.80 Å². The van der Waals surface area contributed by atoms with E-state index in [2.05, 4.69) is 35.1 Å². The predicted octanol–water partition coefficient (Wildman–Crippen LogP) is 2.27. The third-order valence-corrected chi connectivity index (χ3v) is 4.94. The molecule has 126 valence electrons. The van der Waals surface area contributed by atoms with Crippen molar-refractivity contribution in [3.63, 3.8) is 0 Å². The first-order chi connectivity index (χ1) is 10.2. The number of hydrogen-bond acceptors (Lipinski definition) is 5. The summed E-state index contributed by atoms with van der Waals surface area (Å²) in [5.74, 6) is -0.496. The van der Waals surface area contributed by atoms with Crippen molar-refractivity contribution in [2.24, 2.45) is 11.8 Å². The molecule has 0 spiro atoms. The van der Waals surface area contributed by atoms with Gasteiger partial charge in [-0.2, -0.15) is 0 Å². The van der Waals surface area contributed by atoms with Crippen LogP contribution < -0.4 is 0 Å². The van der Waals surface area contributed by atoms with Crippen LogP contribution in [0.2, 0.25) is 25.7 Å². The van der Waals surface area contributed by atoms with Gasteiger partial charge in [-0.15, -0.1) is 15.0 Å². The molecule has 0 bridgehead atoms. The summed E-state index contributed by atoms with van der Waals surface area (Å²) >= 11 is 0. The van der Waals surface area contributed by atoms with Crippen molar-refractivity contribution in [2.75, 3.05) is 6.61 Å². The van der Waals surface area contributed by atoms with Crippen molar-refractivity contribution < 1.29 is 14.6 Å². The minimum Gasteiger partial charge on any atom is -0.481 e. The summed E-state index contributed by atoms with van der Waals surface area (Å²) in [5, 5.41) is 21.3. The van der Waals surface area contributed by atoms with Crippen molar-refractivity contribution in [1.82, 2.24) is 20.2 Å². The lowest BCUT2D eigenvalue weighted by atomic mass is 9.94. The Kier molecular flexibility index (Phi) is 7.14. The lowest BCUT2D eigenvalue weighted by molar-refractivity contribution is -0.142. The van der Waals surface area contributed by atoms with Gasteiger partial charge >= 0.3 is 5.97 Å². The van der Waals surface area contributed by atoms with Gasteiger partial charge in [0.1, 0.15) is 0 Å². The number of aliphatic carboxylic acids is 1. The number of rotatable bonds is 10. The first-order valence-corrected chi connectivity index (χ1v) is 11.5. The molecule has 0 aliphatic rings. The van der Waals surface area contributed by atoms with E-state index in [0.717, 1.165) is 6.04 Å².